The summed E-state index contributed by atoms with van der Waals surface area (Å²) in [4.78, 5) is 12.2. The Bertz CT molecular complexity index is 511. The number of benzene rings is 1. The monoisotopic (exact) mass is 248 g/mol. The molecule has 0 atom stereocenters. The van der Waals surface area contributed by atoms with E-state index in [1.165, 1.54) is 12.1 Å². The Kier molecular flexibility index (Phi) is 4.44. The number of H-pyrrole nitrogens is 1. The SMILES string of the molecule is Nc1cccc(N)[nH+]1.O=[N+]([O-])c1ccc([O-])cc1. The molecule has 0 spiro atoms. The Morgan fingerprint density at radius 1 is 1.00 bits per heavy atom. The fraction of sp³-hybridized carbons (Fsp3) is 0. The summed E-state index contributed by atoms with van der Waals surface area (Å²) < 4.78 is 0. The predicted molar refractivity (Wildman–Crippen MR) is 64.4 cm³/mol. The highest BCUT2D eigenvalue weighted by Crippen LogP contribution is 2.12. The second-order valence-corrected chi connectivity index (χ2v) is 3.31. The Morgan fingerprint density at radius 2 is 1.50 bits per heavy atom. The van der Waals surface area contributed by atoms with Crippen molar-refractivity contribution in [3.8, 4) is 5.75 Å². The molecule has 18 heavy (non-hydrogen) atoms. The van der Waals surface area contributed by atoms with Crippen LogP contribution in [-0.2, 0) is 0 Å². The lowest BCUT2D eigenvalue weighted by molar-refractivity contribution is -0.385. The quantitative estimate of drug-likeness (QED) is 0.554. The highest BCUT2D eigenvalue weighted by atomic mass is 16.6. The van der Waals surface area contributed by atoms with Gasteiger partial charge in [0.05, 0.1) is 4.92 Å². The van der Waals surface area contributed by atoms with Crippen molar-refractivity contribution in [2.45, 2.75) is 0 Å². The Morgan fingerprint density at radius 3 is 1.83 bits per heavy atom. The molecule has 7 heteroatoms. The van der Waals surface area contributed by atoms with E-state index in [-0.39, 0.29) is 11.4 Å². The maximum absolute atomic E-state index is 10.4. The third kappa shape index (κ3) is 4.35. The summed E-state index contributed by atoms with van der Waals surface area (Å²) in [5.74, 6) is 0.959. The molecule has 0 aliphatic carbocycles. The third-order valence-electron chi connectivity index (χ3n) is 1.89. The number of nitrogens with zero attached hydrogens (tertiary/aromatic N) is 1. The first-order valence-corrected chi connectivity index (χ1v) is 4.94. The molecule has 94 valence electrons. The second-order valence-electron chi connectivity index (χ2n) is 3.31. The van der Waals surface area contributed by atoms with Crippen molar-refractivity contribution in [3.05, 3.63) is 52.6 Å². The van der Waals surface area contributed by atoms with Gasteiger partial charge in [-0.2, -0.15) is 0 Å². The van der Waals surface area contributed by atoms with Crippen molar-refractivity contribution in [2.24, 2.45) is 0 Å². The fourth-order valence-corrected chi connectivity index (χ4v) is 1.07. The summed E-state index contributed by atoms with van der Waals surface area (Å²) in [5.41, 5.74) is 10.6. The molecule has 0 radical (unpaired) electrons. The standard InChI is InChI=1S/C6H5NO3.C5H7N3/c8-6-3-1-5(2-4-6)7(9)10;6-4-2-1-3-5(7)8-4/h1-4,8H;1-3H,(H4,6,7,8). The lowest BCUT2D eigenvalue weighted by atomic mass is 10.3. The predicted octanol–water partition coefficient (Wildman–Crippen LogP) is 0.333. The lowest BCUT2D eigenvalue weighted by Crippen LogP contribution is -2.14. The van der Waals surface area contributed by atoms with Gasteiger partial charge >= 0.3 is 0 Å². The molecule has 0 amide bonds. The molecule has 0 aliphatic rings. The number of anilines is 2. The molecule has 0 aliphatic heterocycles. The Labute approximate surface area is 103 Å². The van der Waals surface area contributed by atoms with Gasteiger partial charge in [-0.25, -0.2) is 4.98 Å². The van der Waals surface area contributed by atoms with Gasteiger partial charge in [-0.05, 0) is 6.07 Å². The van der Waals surface area contributed by atoms with Crippen LogP contribution in [0.5, 0.6) is 5.75 Å². The number of aromatic nitrogens is 1. The normalized spacial score (nSPS) is 9.11. The van der Waals surface area contributed by atoms with E-state index in [2.05, 4.69) is 4.98 Å². The average Bonchev–Trinajstić information content (AvgIpc) is 2.30. The number of nitro benzene ring substituents is 1. The van der Waals surface area contributed by atoms with E-state index in [0.29, 0.717) is 11.6 Å². The maximum atomic E-state index is 10.4. The van der Waals surface area contributed by atoms with Crippen molar-refractivity contribution < 1.29 is 15.0 Å². The summed E-state index contributed by atoms with van der Waals surface area (Å²) in [6, 6.07) is 9.98. The third-order valence-corrected chi connectivity index (χ3v) is 1.89. The van der Waals surface area contributed by atoms with Gasteiger partial charge in [-0.3, -0.25) is 10.1 Å². The Balaban J connectivity index is 0.000000184. The van der Waals surface area contributed by atoms with Crippen molar-refractivity contribution in [1.82, 2.24) is 0 Å². The van der Waals surface area contributed by atoms with Crippen LogP contribution in [0.25, 0.3) is 0 Å². The van der Waals surface area contributed by atoms with Gasteiger partial charge in [0.1, 0.15) is 0 Å². The Hall–Kier alpha value is -2.83. The minimum absolute atomic E-state index is 0.0559. The zero-order valence-corrected chi connectivity index (χ0v) is 9.37. The van der Waals surface area contributed by atoms with Gasteiger partial charge in [0.15, 0.2) is 0 Å². The highest BCUT2D eigenvalue weighted by molar-refractivity contribution is 5.34. The van der Waals surface area contributed by atoms with Gasteiger partial charge in [-0.1, -0.05) is 12.1 Å². The van der Waals surface area contributed by atoms with E-state index in [1.807, 2.05) is 0 Å². The molecule has 0 saturated heterocycles. The number of aromatic amines is 1. The largest absolute Gasteiger partial charge is 0.872 e. The molecule has 0 bridgehead atoms. The number of hydrogen-bond acceptors (Lipinski definition) is 5. The van der Waals surface area contributed by atoms with Crippen LogP contribution in [0.3, 0.4) is 0 Å². The van der Waals surface area contributed by atoms with Gasteiger partial charge in [0, 0.05) is 24.3 Å². The van der Waals surface area contributed by atoms with Crippen molar-refractivity contribution in [1.29, 1.82) is 0 Å². The number of nitro groups is 1. The molecular formula is C11H12N4O3. The van der Waals surface area contributed by atoms with Crippen LogP contribution in [0.15, 0.2) is 42.5 Å². The van der Waals surface area contributed by atoms with E-state index in [9.17, 15) is 15.2 Å². The first-order chi connectivity index (χ1) is 8.49. The van der Waals surface area contributed by atoms with E-state index < -0.39 is 4.92 Å². The topological polar surface area (TPSA) is 132 Å². The van der Waals surface area contributed by atoms with Crippen LogP contribution in [0, 0.1) is 10.1 Å². The first-order valence-electron chi connectivity index (χ1n) is 4.94. The average molecular weight is 248 g/mol. The van der Waals surface area contributed by atoms with Crippen molar-refractivity contribution >= 4 is 17.3 Å². The number of nitrogens with one attached hydrogen (secondary N) is 1. The van der Waals surface area contributed by atoms with Crippen LogP contribution >= 0.6 is 0 Å². The van der Waals surface area contributed by atoms with Gasteiger partial charge < -0.3 is 16.6 Å². The van der Waals surface area contributed by atoms with Crippen LogP contribution in [0.2, 0.25) is 0 Å². The summed E-state index contributed by atoms with van der Waals surface area (Å²) in [7, 11) is 0. The molecular weight excluding hydrogens is 236 g/mol. The minimum atomic E-state index is -0.542. The summed E-state index contributed by atoms with van der Waals surface area (Å²) >= 11 is 0. The van der Waals surface area contributed by atoms with Crippen LogP contribution in [-0.4, -0.2) is 4.92 Å². The number of pyridine rings is 1. The molecule has 0 fully saturated rings. The number of non-ortho nitro benzene ring substituents is 1. The molecule has 1 heterocycles. The molecule has 7 nitrogen and oxygen atoms in total. The molecule has 1 aromatic heterocycles. The van der Waals surface area contributed by atoms with Gasteiger partial charge in [0.2, 0.25) is 11.6 Å². The van der Waals surface area contributed by atoms with Crippen LogP contribution in [0.4, 0.5) is 17.3 Å². The van der Waals surface area contributed by atoms with E-state index in [0.717, 1.165) is 12.1 Å². The molecule has 0 saturated carbocycles. The van der Waals surface area contributed by atoms with E-state index in [4.69, 9.17) is 11.5 Å². The smallest absolute Gasteiger partial charge is 0.269 e. The molecule has 1 aromatic carbocycles. The van der Waals surface area contributed by atoms with E-state index in [1.54, 1.807) is 18.2 Å². The van der Waals surface area contributed by atoms with Crippen LogP contribution < -0.4 is 21.6 Å². The fourth-order valence-electron chi connectivity index (χ4n) is 1.07. The lowest BCUT2D eigenvalue weighted by Gasteiger charge is -2.00. The highest BCUT2D eigenvalue weighted by Gasteiger charge is 1.99. The second kappa shape index (κ2) is 6.04. The van der Waals surface area contributed by atoms with Crippen molar-refractivity contribution in [2.75, 3.05) is 11.5 Å². The molecule has 2 rings (SSSR count). The summed E-state index contributed by atoms with van der Waals surface area (Å²) in [5, 5.41) is 20.4. The molecule has 2 aromatic rings. The van der Waals surface area contributed by atoms with Gasteiger partial charge in [-0.15, -0.1) is 5.75 Å². The van der Waals surface area contributed by atoms with Crippen LogP contribution in [0.1, 0.15) is 0 Å². The number of rotatable bonds is 1. The molecule has 0 unspecified atom stereocenters. The summed E-state index contributed by atoms with van der Waals surface area (Å²) in [6.45, 7) is 0. The molecule has 5 N–H and O–H groups in total. The minimum Gasteiger partial charge on any atom is -0.872 e. The van der Waals surface area contributed by atoms with E-state index >= 15 is 0 Å². The number of nitrogens with two attached hydrogens (primary N) is 2. The zero-order chi connectivity index (χ0) is 13.5. The number of nitrogen functional groups attached to an aromatic ring is 2. The van der Waals surface area contributed by atoms with Crippen molar-refractivity contribution in [3.63, 3.8) is 0 Å². The zero-order valence-electron chi connectivity index (χ0n) is 9.37. The first kappa shape index (κ1) is 13.2. The maximum Gasteiger partial charge on any atom is 0.269 e. The number of hydrogen-bond donors (Lipinski definition) is 2. The summed E-state index contributed by atoms with van der Waals surface area (Å²) in [6.07, 6.45) is 0. The van der Waals surface area contributed by atoms with Gasteiger partial charge in [0.25, 0.3) is 5.69 Å².